The molecule has 0 unspecified atom stereocenters. The van der Waals surface area contributed by atoms with Gasteiger partial charge in [0, 0.05) is 31.4 Å². The first-order chi connectivity index (χ1) is 9.08. The molecule has 1 fully saturated rings. The van der Waals surface area contributed by atoms with E-state index in [-0.39, 0.29) is 12.3 Å². The van der Waals surface area contributed by atoms with E-state index in [0.717, 1.165) is 18.7 Å². The lowest BCUT2D eigenvalue weighted by Crippen LogP contribution is -2.42. The van der Waals surface area contributed by atoms with Gasteiger partial charge in [-0.3, -0.25) is 9.59 Å². The van der Waals surface area contributed by atoms with E-state index < -0.39 is 12.0 Å². The Labute approximate surface area is 110 Å². The molecule has 1 amide bonds. The molecule has 0 aliphatic carbocycles. The molecule has 1 aromatic rings. The van der Waals surface area contributed by atoms with Crippen molar-refractivity contribution in [1.29, 1.82) is 0 Å². The number of hydrogen-bond donors (Lipinski definition) is 3. The summed E-state index contributed by atoms with van der Waals surface area (Å²) in [5.41, 5.74) is 5.37. The molecular weight excluding hydrogens is 248 g/mol. The summed E-state index contributed by atoms with van der Waals surface area (Å²) in [6.45, 7) is 1.24. The van der Waals surface area contributed by atoms with Crippen molar-refractivity contribution in [2.75, 3.05) is 13.1 Å². The van der Waals surface area contributed by atoms with E-state index in [1.807, 2.05) is 0 Å². The number of aromatic nitrogens is 2. The van der Waals surface area contributed by atoms with Gasteiger partial charge in [0.15, 0.2) is 0 Å². The number of likely N-dealkylation sites (tertiary alicyclic amines) is 1. The molecule has 1 aliphatic rings. The average molecular weight is 266 g/mol. The molecule has 1 aromatic heterocycles. The number of nitrogens with one attached hydrogen (secondary N) is 1. The van der Waals surface area contributed by atoms with Crippen molar-refractivity contribution < 1.29 is 14.7 Å². The minimum Gasteiger partial charge on any atom is -0.480 e. The van der Waals surface area contributed by atoms with E-state index >= 15 is 0 Å². The summed E-state index contributed by atoms with van der Waals surface area (Å²) < 4.78 is 0. The number of carboxylic acids is 1. The molecule has 0 saturated carbocycles. The highest BCUT2D eigenvalue weighted by molar-refractivity contribution is 5.84. The van der Waals surface area contributed by atoms with Gasteiger partial charge in [0.25, 0.3) is 0 Å². The smallest absolute Gasteiger partial charge is 0.321 e. The van der Waals surface area contributed by atoms with Crippen LogP contribution in [0.5, 0.6) is 0 Å². The quantitative estimate of drug-likeness (QED) is 0.705. The summed E-state index contributed by atoms with van der Waals surface area (Å²) in [7, 11) is 0. The van der Waals surface area contributed by atoms with Gasteiger partial charge < -0.3 is 20.7 Å². The van der Waals surface area contributed by atoms with Crippen LogP contribution in [-0.4, -0.2) is 51.0 Å². The van der Waals surface area contributed by atoms with Gasteiger partial charge in [-0.2, -0.15) is 0 Å². The van der Waals surface area contributed by atoms with E-state index in [4.69, 9.17) is 10.8 Å². The zero-order valence-electron chi connectivity index (χ0n) is 10.6. The van der Waals surface area contributed by atoms with Gasteiger partial charge in [-0.25, -0.2) is 4.98 Å². The molecule has 19 heavy (non-hydrogen) atoms. The Bertz CT molecular complexity index is 438. The van der Waals surface area contributed by atoms with Crippen LogP contribution in [0.3, 0.4) is 0 Å². The standard InChI is InChI=1S/C12H18N4O3/c13-9(12(18)19)7-10(17)16-5-1-8(2-6-16)11-14-3-4-15-11/h3-4,8-9H,1-2,5-7,13H2,(H,14,15)(H,18,19)/t9-/m0/s1. The number of nitrogens with two attached hydrogens (primary N) is 1. The molecule has 0 spiro atoms. The van der Waals surface area contributed by atoms with Crippen molar-refractivity contribution in [2.24, 2.45) is 5.73 Å². The van der Waals surface area contributed by atoms with Crippen molar-refractivity contribution in [3.8, 4) is 0 Å². The van der Waals surface area contributed by atoms with Crippen molar-refractivity contribution in [3.05, 3.63) is 18.2 Å². The highest BCUT2D eigenvalue weighted by atomic mass is 16.4. The molecule has 4 N–H and O–H groups in total. The Morgan fingerprint density at radius 1 is 1.53 bits per heavy atom. The normalized spacial score (nSPS) is 18.3. The molecule has 2 heterocycles. The molecule has 1 atom stereocenters. The van der Waals surface area contributed by atoms with Gasteiger partial charge in [0.1, 0.15) is 11.9 Å². The van der Waals surface area contributed by atoms with E-state index in [9.17, 15) is 9.59 Å². The molecule has 2 rings (SSSR count). The first-order valence-corrected chi connectivity index (χ1v) is 6.33. The lowest BCUT2D eigenvalue weighted by atomic mass is 9.96. The summed E-state index contributed by atoms with van der Waals surface area (Å²) in [5, 5.41) is 8.69. The second-order valence-corrected chi connectivity index (χ2v) is 4.78. The Morgan fingerprint density at radius 2 is 2.21 bits per heavy atom. The number of aliphatic carboxylic acids is 1. The number of carboxylic acid groups (broad SMARTS) is 1. The molecule has 7 heteroatoms. The largest absolute Gasteiger partial charge is 0.480 e. The van der Waals surface area contributed by atoms with E-state index in [1.54, 1.807) is 17.3 Å². The number of aromatic amines is 1. The number of carbonyl (C=O) groups is 2. The molecule has 0 aromatic carbocycles. The molecule has 0 radical (unpaired) electrons. The Balaban J connectivity index is 1.83. The highest BCUT2D eigenvalue weighted by Crippen LogP contribution is 2.25. The van der Waals surface area contributed by atoms with Crippen LogP contribution in [0.25, 0.3) is 0 Å². The zero-order chi connectivity index (χ0) is 13.8. The minimum atomic E-state index is -1.14. The summed E-state index contributed by atoms with van der Waals surface area (Å²) in [6.07, 6.45) is 5.04. The molecule has 1 saturated heterocycles. The number of hydrogen-bond acceptors (Lipinski definition) is 4. The first-order valence-electron chi connectivity index (χ1n) is 6.33. The number of piperidine rings is 1. The maximum Gasteiger partial charge on any atom is 0.321 e. The van der Waals surface area contributed by atoms with Crippen LogP contribution >= 0.6 is 0 Å². The molecule has 1 aliphatic heterocycles. The number of amides is 1. The minimum absolute atomic E-state index is 0.138. The van der Waals surface area contributed by atoms with Crippen molar-refractivity contribution in [3.63, 3.8) is 0 Å². The lowest BCUT2D eigenvalue weighted by Gasteiger charge is -2.31. The van der Waals surface area contributed by atoms with Crippen LogP contribution in [0.1, 0.15) is 31.0 Å². The Hall–Kier alpha value is -1.89. The second kappa shape index (κ2) is 5.83. The lowest BCUT2D eigenvalue weighted by molar-refractivity contribution is -0.142. The average Bonchev–Trinajstić information content (AvgIpc) is 2.92. The van der Waals surface area contributed by atoms with E-state index in [2.05, 4.69) is 9.97 Å². The number of H-pyrrole nitrogens is 1. The topological polar surface area (TPSA) is 112 Å². The fraction of sp³-hybridized carbons (Fsp3) is 0.583. The maximum absolute atomic E-state index is 11.9. The molecule has 104 valence electrons. The SMILES string of the molecule is N[C@@H](CC(=O)N1CCC(c2ncc[nH]2)CC1)C(=O)O. The van der Waals surface area contributed by atoms with Gasteiger partial charge in [-0.1, -0.05) is 0 Å². The van der Waals surface area contributed by atoms with Crippen molar-refractivity contribution >= 4 is 11.9 Å². The van der Waals surface area contributed by atoms with Crippen molar-refractivity contribution in [2.45, 2.75) is 31.2 Å². The number of imidazole rings is 1. The third-order valence-electron chi connectivity index (χ3n) is 3.47. The monoisotopic (exact) mass is 266 g/mol. The van der Waals surface area contributed by atoms with Crippen LogP contribution < -0.4 is 5.73 Å². The Kier molecular flexibility index (Phi) is 4.16. The number of nitrogens with zero attached hydrogens (tertiary/aromatic N) is 2. The van der Waals surface area contributed by atoms with Crippen LogP contribution in [0.4, 0.5) is 0 Å². The molecule has 0 bridgehead atoms. The van der Waals surface area contributed by atoms with Crippen LogP contribution in [0.2, 0.25) is 0 Å². The molecular formula is C12H18N4O3. The fourth-order valence-corrected chi connectivity index (χ4v) is 2.31. The molecule has 7 nitrogen and oxygen atoms in total. The zero-order valence-corrected chi connectivity index (χ0v) is 10.6. The summed E-state index contributed by atoms with van der Waals surface area (Å²) in [4.78, 5) is 31.5. The maximum atomic E-state index is 11.9. The summed E-state index contributed by atoms with van der Waals surface area (Å²) in [6, 6.07) is -1.12. The van der Waals surface area contributed by atoms with Crippen LogP contribution in [-0.2, 0) is 9.59 Å². The summed E-state index contributed by atoms with van der Waals surface area (Å²) in [5.74, 6) is -0.0341. The van der Waals surface area contributed by atoms with Crippen LogP contribution in [0.15, 0.2) is 12.4 Å². The van der Waals surface area contributed by atoms with E-state index in [1.165, 1.54) is 0 Å². The van der Waals surface area contributed by atoms with Gasteiger partial charge in [-0.05, 0) is 12.8 Å². The second-order valence-electron chi connectivity index (χ2n) is 4.78. The van der Waals surface area contributed by atoms with Crippen LogP contribution in [0, 0.1) is 0 Å². The van der Waals surface area contributed by atoms with Gasteiger partial charge >= 0.3 is 5.97 Å². The predicted octanol–water partition coefficient (Wildman–Crippen LogP) is -0.0823. The van der Waals surface area contributed by atoms with Crippen molar-refractivity contribution in [1.82, 2.24) is 14.9 Å². The third kappa shape index (κ3) is 3.31. The van der Waals surface area contributed by atoms with Gasteiger partial charge in [0.2, 0.25) is 5.91 Å². The number of carbonyl (C=O) groups excluding carboxylic acids is 1. The summed E-state index contributed by atoms with van der Waals surface area (Å²) >= 11 is 0. The number of rotatable bonds is 4. The fourth-order valence-electron chi connectivity index (χ4n) is 2.31. The highest BCUT2D eigenvalue weighted by Gasteiger charge is 2.27. The van der Waals surface area contributed by atoms with E-state index in [0.29, 0.717) is 19.0 Å². The Morgan fingerprint density at radius 3 is 2.74 bits per heavy atom. The third-order valence-corrected chi connectivity index (χ3v) is 3.47. The van der Waals surface area contributed by atoms with Gasteiger partial charge in [0.05, 0.1) is 6.42 Å². The van der Waals surface area contributed by atoms with Gasteiger partial charge in [-0.15, -0.1) is 0 Å². The predicted molar refractivity (Wildman–Crippen MR) is 67.4 cm³/mol. The first kappa shape index (κ1) is 13.5.